The zero-order chi connectivity index (χ0) is 22.0. The van der Waals surface area contributed by atoms with E-state index in [1.165, 1.54) is 19.4 Å². The summed E-state index contributed by atoms with van der Waals surface area (Å²) in [5, 5.41) is 10.6. The van der Waals surface area contributed by atoms with Crippen molar-refractivity contribution in [2.24, 2.45) is 0 Å². The fourth-order valence-electron chi connectivity index (χ4n) is 2.89. The smallest absolute Gasteiger partial charge is 0.259 e. The lowest BCUT2D eigenvalue weighted by Crippen LogP contribution is -2.16. The molecule has 7 nitrogen and oxygen atoms in total. The van der Waals surface area contributed by atoms with Crippen molar-refractivity contribution >= 4 is 56.8 Å². The van der Waals surface area contributed by atoms with Crippen LogP contribution in [0.5, 0.6) is 11.6 Å². The van der Waals surface area contributed by atoms with Gasteiger partial charge in [-0.1, -0.05) is 23.7 Å². The van der Waals surface area contributed by atoms with Crippen LogP contribution in [0.1, 0.15) is 15.9 Å². The highest BCUT2D eigenvalue weighted by atomic mass is 127. The quantitative estimate of drug-likeness (QED) is 0.321. The number of pyridine rings is 1. The van der Waals surface area contributed by atoms with Crippen LogP contribution in [0.3, 0.4) is 0 Å². The molecular formula is C21H15ClFIN4O3. The number of rotatable bonds is 6. The molecule has 0 aliphatic rings. The van der Waals surface area contributed by atoms with E-state index in [1.807, 2.05) is 22.6 Å². The number of carbonyl (C=O) groups is 1. The number of aromatic amines is 1. The minimum absolute atomic E-state index is 0.0226. The van der Waals surface area contributed by atoms with Crippen molar-refractivity contribution in [3.63, 3.8) is 0 Å². The standard InChI is InChI=1S/C21H15ClFIN4O3/c1-30-21-14-8-13(9-25-19(14)27-28-21)26-20(29)17-15(24)6-7-16(18(17)23)31-10-11-2-4-12(22)5-3-11/h2-9H,10H2,1H3,(H,26,29)(H,25,27,28). The molecule has 4 aromatic rings. The monoisotopic (exact) mass is 552 g/mol. The molecule has 0 saturated carbocycles. The zero-order valence-electron chi connectivity index (χ0n) is 16.1. The first-order chi connectivity index (χ1) is 15.0. The number of halogens is 3. The maximum Gasteiger partial charge on any atom is 0.259 e. The van der Waals surface area contributed by atoms with Gasteiger partial charge in [0.15, 0.2) is 17.2 Å². The maximum absolute atomic E-state index is 15.1. The molecule has 2 aromatic heterocycles. The van der Waals surface area contributed by atoms with Crippen molar-refractivity contribution in [3.8, 4) is 11.6 Å². The first-order valence-corrected chi connectivity index (χ1v) is 10.5. The number of anilines is 1. The van der Waals surface area contributed by atoms with Crippen molar-refractivity contribution in [2.75, 3.05) is 12.4 Å². The Bertz CT molecular complexity index is 1260. The summed E-state index contributed by atoms with van der Waals surface area (Å²) in [4.78, 5) is 17.0. The minimum atomic E-state index is -0.742. The van der Waals surface area contributed by atoms with E-state index in [0.29, 0.717) is 31.2 Å². The number of H-pyrrole nitrogens is 1. The molecule has 4 rings (SSSR count). The summed E-state index contributed by atoms with van der Waals surface area (Å²) in [7, 11) is 1.48. The number of aromatic nitrogens is 3. The number of ether oxygens (including phenoxy) is 2. The molecule has 10 heteroatoms. The lowest BCUT2D eigenvalue weighted by Gasteiger charge is -2.12. The molecule has 0 aliphatic carbocycles. The Kier molecular flexibility index (Phi) is 6.23. The molecule has 2 heterocycles. The molecule has 0 saturated heterocycles. The zero-order valence-corrected chi connectivity index (χ0v) is 19.0. The number of amides is 1. The number of fused-ring (bicyclic) bond motifs is 1. The fourth-order valence-corrected chi connectivity index (χ4v) is 3.68. The van der Waals surface area contributed by atoms with E-state index in [4.69, 9.17) is 21.1 Å². The van der Waals surface area contributed by atoms with Crippen LogP contribution >= 0.6 is 34.2 Å². The third-order valence-corrected chi connectivity index (χ3v) is 5.57. The SMILES string of the molecule is COc1n[nH]c2ncc(NC(=O)c3c(I)ccc(OCc4ccc(Cl)cc4)c3F)cc12. The van der Waals surface area contributed by atoms with E-state index in [9.17, 15) is 4.79 Å². The van der Waals surface area contributed by atoms with E-state index >= 15 is 4.39 Å². The van der Waals surface area contributed by atoms with Gasteiger partial charge in [0, 0.05) is 8.59 Å². The summed E-state index contributed by atoms with van der Waals surface area (Å²) in [6, 6.07) is 11.8. The highest BCUT2D eigenvalue weighted by Gasteiger charge is 2.21. The number of hydrogen-bond acceptors (Lipinski definition) is 5. The fraction of sp³-hybridized carbons (Fsp3) is 0.0952. The van der Waals surface area contributed by atoms with Crippen LogP contribution in [0.2, 0.25) is 5.02 Å². The lowest BCUT2D eigenvalue weighted by atomic mass is 10.1. The summed E-state index contributed by atoms with van der Waals surface area (Å²) < 4.78 is 26.3. The summed E-state index contributed by atoms with van der Waals surface area (Å²) in [5.41, 5.74) is 1.59. The Labute approximate surface area is 195 Å². The van der Waals surface area contributed by atoms with Crippen molar-refractivity contribution in [2.45, 2.75) is 6.61 Å². The van der Waals surface area contributed by atoms with Gasteiger partial charge in [0.2, 0.25) is 5.88 Å². The molecule has 0 unspecified atom stereocenters. The van der Waals surface area contributed by atoms with Crippen LogP contribution in [0.15, 0.2) is 48.7 Å². The summed E-state index contributed by atoms with van der Waals surface area (Å²) in [5.74, 6) is -1.04. The van der Waals surface area contributed by atoms with Crippen molar-refractivity contribution in [3.05, 3.63) is 74.2 Å². The van der Waals surface area contributed by atoms with E-state index in [-0.39, 0.29) is 17.9 Å². The second kappa shape index (κ2) is 9.06. The molecule has 31 heavy (non-hydrogen) atoms. The van der Waals surface area contributed by atoms with Crippen LogP contribution in [0.4, 0.5) is 10.1 Å². The van der Waals surface area contributed by atoms with Crippen LogP contribution < -0.4 is 14.8 Å². The number of benzene rings is 2. The third-order valence-electron chi connectivity index (χ3n) is 4.42. The van der Waals surface area contributed by atoms with Gasteiger partial charge < -0.3 is 14.8 Å². The molecule has 0 aliphatic heterocycles. The van der Waals surface area contributed by atoms with Crippen LogP contribution in [-0.2, 0) is 6.61 Å². The number of nitrogens with zero attached hydrogens (tertiary/aromatic N) is 2. The Hall–Kier alpha value is -2.92. The van der Waals surface area contributed by atoms with Crippen LogP contribution in [0.25, 0.3) is 11.0 Å². The van der Waals surface area contributed by atoms with Crippen molar-refractivity contribution in [1.29, 1.82) is 0 Å². The van der Waals surface area contributed by atoms with Gasteiger partial charge in [0.1, 0.15) is 6.61 Å². The van der Waals surface area contributed by atoms with Gasteiger partial charge in [-0.15, -0.1) is 5.10 Å². The van der Waals surface area contributed by atoms with Crippen molar-refractivity contribution in [1.82, 2.24) is 15.2 Å². The molecule has 2 N–H and O–H groups in total. The van der Waals surface area contributed by atoms with Gasteiger partial charge in [-0.05, 0) is 58.5 Å². The summed E-state index contributed by atoms with van der Waals surface area (Å²) in [6.07, 6.45) is 1.45. The molecule has 1 amide bonds. The predicted molar refractivity (Wildman–Crippen MR) is 123 cm³/mol. The molecule has 2 aromatic carbocycles. The second-order valence-corrected chi connectivity index (χ2v) is 8.06. The Morgan fingerprint density at radius 2 is 2.03 bits per heavy atom. The molecule has 0 bridgehead atoms. The third kappa shape index (κ3) is 4.57. The van der Waals surface area contributed by atoms with Crippen LogP contribution in [0, 0.1) is 9.39 Å². The van der Waals surface area contributed by atoms with E-state index < -0.39 is 11.7 Å². The molecule has 158 valence electrons. The van der Waals surface area contributed by atoms with Crippen molar-refractivity contribution < 1.29 is 18.7 Å². The highest BCUT2D eigenvalue weighted by molar-refractivity contribution is 14.1. The highest BCUT2D eigenvalue weighted by Crippen LogP contribution is 2.28. The molecule has 0 spiro atoms. The van der Waals surface area contributed by atoms with Gasteiger partial charge in [0.05, 0.1) is 29.9 Å². The molecular weight excluding hydrogens is 538 g/mol. The maximum atomic E-state index is 15.1. The van der Waals surface area contributed by atoms with Gasteiger partial charge in [-0.3, -0.25) is 9.89 Å². The number of nitrogens with one attached hydrogen (secondary N) is 2. The average Bonchev–Trinajstić information content (AvgIpc) is 3.17. The topological polar surface area (TPSA) is 89.1 Å². The van der Waals surface area contributed by atoms with E-state index in [2.05, 4.69) is 20.5 Å². The molecule has 0 atom stereocenters. The largest absolute Gasteiger partial charge is 0.486 e. The number of hydrogen-bond donors (Lipinski definition) is 2. The summed E-state index contributed by atoms with van der Waals surface area (Å²) in [6.45, 7) is 0.136. The molecule has 0 radical (unpaired) electrons. The Morgan fingerprint density at radius 3 is 2.77 bits per heavy atom. The van der Waals surface area contributed by atoms with Gasteiger partial charge in [-0.25, -0.2) is 9.37 Å². The lowest BCUT2D eigenvalue weighted by molar-refractivity contribution is 0.102. The average molecular weight is 553 g/mol. The van der Waals surface area contributed by atoms with Gasteiger partial charge in [0.25, 0.3) is 5.91 Å². The minimum Gasteiger partial charge on any atom is -0.486 e. The predicted octanol–water partition coefficient (Wildman–Crippen LogP) is 5.19. The Morgan fingerprint density at radius 1 is 1.26 bits per heavy atom. The normalized spacial score (nSPS) is 10.8. The van der Waals surface area contributed by atoms with Crippen LogP contribution in [-0.4, -0.2) is 28.2 Å². The van der Waals surface area contributed by atoms with E-state index in [1.54, 1.807) is 36.4 Å². The second-order valence-electron chi connectivity index (χ2n) is 6.46. The first-order valence-electron chi connectivity index (χ1n) is 9.01. The van der Waals surface area contributed by atoms with Gasteiger partial charge >= 0.3 is 0 Å². The first kappa shape index (κ1) is 21.3. The Balaban J connectivity index is 1.56. The van der Waals surface area contributed by atoms with Gasteiger partial charge in [-0.2, -0.15) is 0 Å². The molecule has 0 fully saturated rings. The summed E-state index contributed by atoms with van der Waals surface area (Å²) >= 11 is 7.78. The number of carbonyl (C=O) groups excluding carboxylic acids is 1. The number of methoxy groups -OCH3 is 1. The van der Waals surface area contributed by atoms with E-state index in [0.717, 1.165) is 5.56 Å².